The average molecular weight is 268 g/mol. The maximum atomic E-state index is 11.2. The normalized spacial score (nSPS) is 16.0. The van der Waals surface area contributed by atoms with E-state index in [2.05, 4.69) is 18.2 Å². The maximum absolute atomic E-state index is 11.2. The Morgan fingerprint density at radius 1 is 1.37 bits per heavy atom. The summed E-state index contributed by atoms with van der Waals surface area (Å²) < 4.78 is 0. The molecule has 0 unspecified atom stereocenters. The quantitative estimate of drug-likeness (QED) is 0.837. The first kappa shape index (κ1) is 19.9. The van der Waals surface area contributed by atoms with E-state index in [4.69, 9.17) is 5.11 Å². The summed E-state index contributed by atoms with van der Waals surface area (Å²) in [7, 11) is 0. The van der Waals surface area contributed by atoms with Gasteiger partial charge in [-0.2, -0.15) is 0 Å². The van der Waals surface area contributed by atoms with Crippen LogP contribution in [0.5, 0.6) is 0 Å². The largest absolute Gasteiger partial charge is 0.387 e. The van der Waals surface area contributed by atoms with Gasteiger partial charge in [0.15, 0.2) is 0 Å². The first-order valence-corrected chi connectivity index (χ1v) is 6.84. The lowest BCUT2D eigenvalue weighted by Gasteiger charge is -2.28. The van der Waals surface area contributed by atoms with Crippen molar-refractivity contribution in [2.75, 3.05) is 19.7 Å². The van der Waals surface area contributed by atoms with Crippen LogP contribution in [0, 0.1) is 0 Å². The van der Waals surface area contributed by atoms with Gasteiger partial charge in [0, 0.05) is 30.9 Å². The number of hydrogen-bond acceptors (Lipinski definition) is 3. The van der Waals surface area contributed by atoms with Crippen molar-refractivity contribution in [2.24, 2.45) is 4.99 Å². The van der Waals surface area contributed by atoms with Gasteiger partial charge in [-0.05, 0) is 12.5 Å². The standard InChI is InChI=1S/C11H16N2O2.2C2H6/c1-8(2)12-10-4-5-13(6-9(10)3)11(15)7-14;2*1-2/h14H,1,3-7H2,2H3;2*1-2H3. The molecular formula is C15H28N2O2. The summed E-state index contributed by atoms with van der Waals surface area (Å²) in [5, 5.41) is 8.72. The van der Waals surface area contributed by atoms with Gasteiger partial charge in [0.2, 0.25) is 5.91 Å². The van der Waals surface area contributed by atoms with Crippen LogP contribution >= 0.6 is 0 Å². The molecule has 1 fully saturated rings. The summed E-state index contributed by atoms with van der Waals surface area (Å²) in [6, 6.07) is 0. The van der Waals surface area contributed by atoms with E-state index in [1.165, 1.54) is 0 Å². The lowest BCUT2D eigenvalue weighted by molar-refractivity contribution is -0.133. The van der Waals surface area contributed by atoms with Gasteiger partial charge in [-0.3, -0.25) is 9.79 Å². The van der Waals surface area contributed by atoms with Crippen LogP contribution in [0.25, 0.3) is 0 Å². The molecule has 0 aromatic carbocycles. The van der Waals surface area contributed by atoms with Crippen LogP contribution in [0.15, 0.2) is 29.4 Å². The molecule has 0 aromatic heterocycles. The highest BCUT2D eigenvalue weighted by atomic mass is 16.3. The minimum absolute atomic E-state index is 0.259. The number of aliphatic imine (C=N–C) groups is 1. The molecule has 0 bridgehead atoms. The van der Waals surface area contributed by atoms with Crippen molar-refractivity contribution in [3.8, 4) is 0 Å². The van der Waals surface area contributed by atoms with Crippen LogP contribution in [0.4, 0.5) is 0 Å². The number of likely N-dealkylation sites (tertiary alicyclic amines) is 1. The molecule has 1 saturated heterocycles. The summed E-state index contributed by atoms with van der Waals surface area (Å²) in [6.07, 6.45) is 0.678. The van der Waals surface area contributed by atoms with Crippen LogP contribution < -0.4 is 0 Å². The Morgan fingerprint density at radius 3 is 2.26 bits per heavy atom. The molecule has 1 N–H and O–H groups in total. The molecular weight excluding hydrogens is 240 g/mol. The Kier molecular flexibility index (Phi) is 12.2. The Balaban J connectivity index is 0. The smallest absolute Gasteiger partial charge is 0.248 e. The van der Waals surface area contributed by atoms with Crippen LogP contribution in [0.1, 0.15) is 41.0 Å². The maximum Gasteiger partial charge on any atom is 0.248 e. The molecule has 110 valence electrons. The SMILES string of the molecule is C=C(C)N=C1CCN(C(=O)CO)CC1=C.CC.CC. The van der Waals surface area contributed by atoms with E-state index in [1.807, 2.05) is 34.6 Å². The van der Waals surface area contributed by atoms with Gasteiger partial charge in [0.05, 0.1) is 0 Å². The first-order chi connectivity index (χ1) is 9.04. The van der Waals surface area contributed by atoms with Gasteiger partial charge in [-0.15, -0.1) is 0 Å². The zero-order valence-corrected chi connectivity index (χ0v) is 13.0. The molecule has 19 heavy (non-hydrogen) atoms. The molecule has 1 aliphatic heterocycles. The van der Waals surface area contributed by atoms with Crippen LogP contribution in [-0.4, -0.2) is 41.3 Å². The van der Waals surface area contributed by atoms with E-state index in [1.54, 1.807) is 4.90 Å². The molecule has 1 heterocycles. The number of piperidine rings is 1. The summed E-state index contributed by atoms with van der Waals surface area (Å²) in [4.78, 5) is 17.1. The highest BCUT2D eigenvalue weighted by Gasteiger charge is 2.21. The highest BCUT2D eigenvalue weighted by molar-refractivity contribution is 6.02. The van der Waals surface area contributed by atoms with Gasteiger partial charge in [0.25, 0.3) is 0 Å². The van der Waals surface area contributed by atoms with Gasteiger partial charge in [0.1, 0.15) is 6.61 Å². The van der Waals surface area contributed by atoms with Gasteiger partial charge in [-0.25, -0.2) is 0 Å². The molecule has 0 aliphatic carbocycles. The number of aliphatic hydroxyl groups is 1. The molecule has 4 heteroatoms. The van der Waals surface area contributed by atoms with E-state index in [9.17, 15) is 4.79 Å². The Hall–Kier alpha value is -1.42. The van der Waals surface area contributed by atoms with Gasteiger partial charge >= 0.3 is 0 Å². The number of hydrogen-bond donors (Lipinski definition) is 1. The summed E-state index contributed by atoms with van der Waals surface area (Å²) in [5.41, 5.74) is 2.48. The third-order valence-electron chi connectivity index (χ3n) is 2.22. The number of amides is 1. The van der Waals surface area contributed by atoms with Crippen molar-refractivity contribution in [3.63, 3.8) is 0 Å². The minimum atomic E-state index is -0.444. The van der Waals surface area contributed by atoms with E-state index >= 15 is 0 Å². The molecule has 0 saturated carbocycles. The fourth-order valence-electron chi connectivity index (χ4n) is 1.50. The van der Waals surface area contributed by atoms with Crippen molar-refractivity contribution in [1.29, 1.82) is 0 Å². The zero-order chi connectivity index (χ0) is 15.4. The van der Waals surface area contributed by atoms with E-state index in [0.29, 0.717) is 19.5 Å². The number of carbonyl (C=O) groups is 1. The van der Waals surface area contributed by atoms with Crippen LogP contribution in [0.3, 0.4) is 0 Å². The number of nitrogens with zero attached hydrogens (tertiary/aromatic N) is 2. The Labute approximate surface area is 117 Å². The third kappa shape index (κ3) is 7.57. The summed E-state index contributed by atoms with van der Waals surface area (Å²) in [6.45, 7) is 18.0. The topological polar surface area (TPSA) is 52.9 Å². The number of aliphatic hydroxyl groups excluding tert-OH is 1. The van der Waals surface area contributed by atoms with Gasteiger partial charge < -0.3 is 10.0 Å². The zero-order valence-electron chi connectivity index (χ0n) is 13.0. The van der Waals surface area contributed by atoms with Crippen LogP contribution in [0.2, 0.25) is 0 Å². The van der Waals surface area contributed by atoms with E-state index in [0.717, 1.165) is 17.0 Å². The van der Waals surface area contributed by atoms with E-state index < -0.39 is 6.61 Å². The molecule has 0 atom stereocenters. The molecule has 1 rings (SSSR count). The molecule has 1 aliphatic rings. The first-order valence-electron chi connectivity index (χ1n) is 6.84. The second-order valence-corrected chi connectivity index (χ2v) is 3.62. The van der Waals surface area contributed by atoms with Crippen LogP contribution in [-0.2, 0) is 4.79 Å². The molecule has 1 amide bonds. The minimum Gasteiger partial charge on any atom is -0.387 e. The number of allylic oxidation sites excluding steroid dienone is 1. The average Bonchev–Trinajstić information content (AvgIpc) is 2.44. The van der Waals surface area contributed by atoms with Crippen molar-refractivity contribution >= 4 is 11.6 Å². The monoisotopic (exact) mass is 268 g/mol. The second-order valence-electron chi connectivity index (χ2n) is 3.62. The molecule has 0 spiro atoms. The molecule has 4 nitrogen and oxygen atoms in total. The Bertz CT molecular complexity index is 333. The lowest BCUT2D eigenvalue weighted by atomic mass is 10.0. The number of carbonyl (C=O) groups excluding carboxylic acids is 1. The molecule has 0 radical (unpaired) electrons. The fourth-order valence-corrected chi connectivity index (χ4v) is 1.50. The predicted molar refractivity (Wildman–Crippen MR) is 82.4 cm³/mol. The second kappa shape index (κ2) is 11.7. The summed E-state index contributed by atoms with van der Waals surface area (Å²) in [5.74, 6) is -0.259. The number of rotatable bonds is 2. The van der Waals surface area contributed by atoms with Crippen molar-refractivity contribution in [1.82, 2.24) is 4.90 Å². The fraction of sp³-hybridized carbons (Fsp3) is 0.600. The summed E-state index contributed by atoms with van der Waals surface area (Å²) >= 11 is 0. The Morgan fingerprint density at radius 2 is 1.89 bits per heavy atom. The molecule has 0 aromatic rings. The highest BCUT2D eigenvalue weighted by Crippen LogP contribution is 2.13. The predicted octanol–water partition coefficient (Wildman–Crippen LogP) is 2.79. The van der Waals surface area contributed by atoms with E-state index in [-0.39, 0.29) is 5.91 Å². The van der Waals surface area contributed by atoms with Crippen molar-refractivity contribution in [2.45, 2.75) is 41.0 Å². The third-order valence-corrected chi connectivity index (χ3v) is 2.22. The van der Waals surface area contributed by atoms with Gasteiger partial charge in [-0.1, -0.05) is 40.9 Å². The lowest BCUT2D eigenvalue weighted by Crippen LogP contribution is -2.41. The van der Waals surface area contributed by atoms with Crippen molar-refractivity contribution < 1.29 is 9.90 Å². The van der Waals surface area contributed by atoms with Crippen molar-refractivity contribution in [3.05, 3.63) is 24.4 Å².